The van der Waals surface area contributed by atoms with Crippen molar-refractivity contribution in [1.29, 1.82) is 0 Å². The smallest absolute Gasteiger partial charge is 0.301 e. The van der Waals surface area contributed by atoms with Crippen LogP contribution in [0, 0.1) is 15.9 Å². The number of nitrogens with zero attached hydrogens (tertiary/aromatic N) is 3. The number of non-ortho nitro benzene ring substituents is 1. The molecule has 180 valence electrons. The maximum absolute atomic E-state index is 13.8. The molecule has 1 aliphatic rings. The van der Waals surface area contributed by atoms with Crippen LogP contribution in [0.1, 0.15) is 17.2 Å². The number of aliphatic hydroxyl groups excluding tert-OH is 1. The first-order valence-corrected chi connectivity index (χ1v) is 11.4. The minimum Gasteiger partial charge on any atom is -0.507 e. The van der Waals surface area contributed by atoms with E-state index in [-0.39, 0.29) is 22.0 Å². The molecule has 1 saturated heterocycles. The number of anilines is 1. The van der Waals surface area contributed by atoms with Crippen molar-refractivity contribution >= 4 is 49.8 Å². The highest BCUT2D eigenvalue weighted by Gasteiger charge is 2.48. The fourth-order valence-electron chi connectivity index (χ4n) is 4.02. The summed E-state index contributed by atoms with van der Waals surface area (Å²) in [4.78, 5) is 42.5. The molecule has 1 unspecified atom stereocenters. The standard InChI is InChI=1S/C25H16FN3O6S/c1-35-17-9-4-13(5-10-17)21-20(22(30)14-2-7-16(8-3-14)29(33)34)23(31)24(32)28(21)25-27-18-11-6-15(26)12-19(18)36-25/h2-12,21,30H,1H3/b22-20+. The van der Waals surface area contributed by atoms with Crippen LogP contribution in [-0.4, -0.2) is 33.8 Å². The van der Waals surface area contributed by atoms with E-state index in [4.69, 9.17) is 4.74 Å². The summed E-state index contributed by atoms with van der Waals surface area (Å²) in [6, 6.07) is 14.5. The Morgan fingerprint density at radius 2 is 1.81 bits per heavy atom. The summed E-state index contributed by atoms with van der Waals surface area (Å²) in [7, 11) is 1.50. The van der Waals surface area contributed by atoms with Crippen LogP contribution < -0.4 is 9.64 Å². The van der Waals surface area contributed by atoms with Crippen molar-refractivity contribution in [2.75, 3.05) is 12.0 Å². The molecule has 1 fully saturated rings. The van der Waals surface area contributed by atoms with Gasteiger partial charge >= 0.3 is 5.91 Å². The van der Waals surface area contributed by atoms with Crippen molar-refractivity contribution < 1.29 is 28.7 Å². The Morgan fingerprint density at radius 1 is 1.11 bits per heavy atom. The van der Waals surface area contributed by atoms with Gasteiger partial charge in [0.05, 0.1) is 33.9 Å². The first kappa shape index (κ1) is 23.1. The molecule has 36 heavy (non-hydrogen) atoms. The zero-order valence-electron chi connectivity index (χ0n) is 18.5. The second-order valence-electron chi connectivity index (χ2n) is 7.85. The fourth-order valence-corrected chi connectivity index (χ4v) is 5.03. The van der Waals surface area contributed by atoms with E-state index in [0.717, 1.165) is 11.3 Å². The molecule has 0 spiro atoms. The molecule has 9 nitrogen and oxygen atoms in total. The lowest BCUT2D eigenvalue weighted by molar-refractivity contribution is -0.384. The molecule has 1 aliphatic heterocycles. The third-order valence-corrected chi connectivity index (χ3v) is 6.79. The van der Waals surface area contributed by atoms with Crippen LogP contribution in [-0.2, 0) is 9.59 Å². The normalized spacial score (nSPS) is 17.1. The number of hydrogen-bond acceptors (Lipinski definition) is 8. The number of benzene rings is 3. The summed E-state index contributed by atoms with van der Waals surface area (Å²) in [6.45, 7) is 0. The van der Waals surface area contributed by atoms with E-state index in [1.807, 2.05) is 0 Å². The van der Waals surface area contributed by atoms with Crippen LogP contribution in [0.25, 0.3) is 16.0 Å². The van der Waals surface area contributed by atoms with Crippen LogP contribution in [0.4, 0.5) is 15.2 Å². The first-order valence-electron chi connectivity index (χ1n) is 10.5. The van der Waals surface area contributed by atoms with Gasteiger partial charge in [0.1, 0.15) is 17.3 Å². The van der Waals surface area contributed by atoms with Crippen LogP contribution in [0.2, 0.25) is 0 Å². The van der Waals surface area contributed by atoms with Crippen molar-refractivity contribution in [1.82, 2.24) is 4.98 Å². The monoisotopic (exact) mass is 505 g/mol. The molecule has 11 heteroatoms. The SMILES string of the molecule is COc1ccc(C2/C(=C(\O)c3ccc([N+](=O)[O-])cc3)C(=O)C(=O)N2c2nc3ccc(F)cc3s2)cc1. The number of Topliss-reactive ketones (excluding diaryl/α,β-unsaturated/α-hetero) is 1. The van der Waals surface area contributed by atoms with Gasteiger partial charge in [-0.15, -0.1) is 0 Å². The zero-order chi connectivity index (χ0) is 25.6. The number of amides is 1. The Hall–Kier alpha value is -4.64. The number of carbonyl (C=O) groups is 2. The van der Waals surface area contributed by atoms with Gasteiger partial charge in [-0.1, -0.05) is 23.5 Å². The number of methoxy groups -OCH3 is 1. The molecule has 2 heterocycles. The number of carbonyl (C=O) groups excluding carboxylic acids is 2. The van der Waals surface area contributed by atoms with Crippen molar-refractivity contribution in [2.24, 2.45) is 0 Å². The predicted molar refractivity (Wildman–Crippen MR) is 130 cm³/mol. The third-order valence-electron chi connectivity index (χ3n) is 5.77. The summed E-state index contributed by atoms with van der Waals surface area (Å²) in [5.74, 6) is -2.28. The second kappa shape index (κ2) is 8.86. The number of ether oxygens (including phenoxy) is 1. The molecular weight excluding hydrogens is 489 g/mol. The molecule has 1 aromatic heterocycles. The van der Waals surface area contributed by atoms with Crippen molar-refractivity contribution in [3.63, 3.8) is 0 Å². The summed E-state index contributed by atoms with van der Waals surface area (Å²) in [6.07, 6.45) is 0. The molecule has 0 radical (unpaired) electrons. The topological polar surface area (TPSA) is 123 Å². The largest absolute Gasteiger partial charge is 0.507 e. The van der Waals surface area contributed by atoms with Crippen LogP contribution in [0.3, 0.4) is 0 Å². The number of halogens is 1. The summed E-state index contributed by atoms with van der Waals surface area (Å²) in [5, 5.41) is 22.3. The second-order valence-corrected chi connectivity index (χ2v) is 8.86. The average Bonchev–Trinajstić information content (AvgIpc) is 3.41. The van der Waals surface area contributed by atoms with Crippen LogP contribution in [0.5, 0.6) is 5.75 Å². The number of rotatable bonds is 5. The Bertz CT molecular complexity index is 1560. The van der Waals surface area contributed by atoms with Gasteiger partial charge in [-0.2, -0.15) is 0 Å². The molecule has 1 amide bonds. The van der Waals surface area contributed by atoms with Gasteiger partial charge in [-0.05, 0) is 48.0 Å². The molecule has 4 aromatic rings. The van der Waals surface area contributed by atoms with Gasteiger partial charge in [-0.25, -0.2) is 9.37 Å². The predicted octanol–water partition coefficient (Wildman–Crippen LogP) is 4.98. The van der Waals surface area contributed by atoms with E-state index in [2.05, 4.69) is 4.98 Å². The molecule has 1 atom stereocenters. The Morgan fingerprint density at radius 3 is 2.44 bits per heavy atom. The molecule has 0 saturated carbocycles. The van der Waals surface area contributed by atoms with Crippen molar-refractivity contribution in [3.05, 3.63) is 99.4 Å². The summed E-state index contributed by atoms with van der Waals surface area (Å²) >= 11 is 1.03. The number of aliphatic hydroxyl groups is 1. The maximum atomic E-state index is 13.8. The number of aromatic nitrogens is 1. The average molecular weight is 505 g/mol. The van der Waals surface area contributed by atoms with Crippen molar-refractivity contribution in [2.45, 2.75) is 6.04 Å². The Kier molecular flexibility index (Phi) is 5.69. The number of nitro benzene ring substituents is 1. The highest BCUT2D eigenvalue weighted by atomic mass is 32.1. The number of ketones is 1. The minimum absolute atomic E-state index is 0.128. The molecule has 3 aromatic carbocycles. The van der Waals surface area contributed by atoms with Gasteiger partial charge < -0.3 is 9.84 Å². The van der Waals surface area contributed by atoms with Gasteiger partial charge in [-0.3, -0.25) is 24.6 Å². The summed E-state index contributed by atoms with van der Waals surface area (Å²) < 4.78 is 19.4. The van der Waals surface area contributed by atoms with Gasteiger partial charge in [0.25, 0.3) is 11.5 Å². The lowest BCUT2D eigenvalue weighted by Crippen LogP contribution is -2.29. The molecule has 0 bridgehead atoms. The fraction of sp³-hybridized carbons (Fsp3) is 0.0800. The third kappa shape index (κ3) is 3.85. The van der Waals surface area contributed by atoms with E-state index in [1.54, 1.807) is 24.3 Å². The van der Waals surface area contributed by atoms with Gasteiger partial charge in [0.15, 0.2) is 5.13 Å². The van der Waals surface area contributed by atoms with E-state index < -0.39 is 34.2 Å². The maximum Gasteiger partial charge on any atom is 0.301 e. The first-order chi connectivity index (χ1) is 17.3. The summed E-state index contributed by atoms with van der Waals surface area (Å²) in [5.41, 5.74) is 0.666. The number of thiazole rings is 1. The zero-order valence-corrected chi connectivity index (χ0v) is 19.4. The van der Waals surface area contributed by atoms with Crippen LogP contribution >= 0.6 is 11.3 Å². The Labute approximate surface area is 206 Å². The molecule has 0 aliphatic carbocycles. The van der Waals surface area contributed by atoms with E-state index >= 15 is 0 Å². The highest BCUT2D eigenvalue weighted by Crippen LogP contribution is 2.44. The number of fused-ring (bicyclic) bond motifs is 1. The van der Waals surface area contributed by atoms with Crippen molar-refractivity contribution in [3.8, 4) is 5.75 Å². The quantitative estimate of drug-likeness (QED) is 0.133. The highest BCUT2D eigenvalue weighted by molar-refractivity contribution is 7.22. The van der Waals surface area contributed by atoms with E-state index in [0.29, 0.717) is 21.5 Å². The number of hydrogen-bond donors (Lipinski definition) is 1. The molecule has 1 N–H and O–H groups in total. The van der Waals surface area contributed by atoms with E-state index in [9.17, 15) is 29.2 Å². The van der Waals surface area contributed by atoms with Crippen LogP contribution in [0.15, 0.2) is 72.3 Å². The van der Waals surface area contributed by atoms with Gasteiger partial charge in [0.2, 0.25) is 0 Å². The molecule has 5 rings (SSSR count). The lowest BCUT2D eigenvalue weighted by Gasteiger charge is -2.23. The van der Waals surface area contributed by atoms with E-state index in [1.165, 1.54) is 54.5 Å². The number of nitro groups is 1. The lowest BCUT2D eigenvalue weighted by atomic mass is 9.95. The van der Waals surface area contributed by atoms with Gasteiger partial charge in [0, 0.05) is 17.7 Å². The molecular formula is C25H16FN3O6S. The minimum atomic E-state index is -1.06. The Balaban J connectivity index is 1.70.